The first-order chi connectivity index (χ1) is 9.27. The molecule has 0 aromatic rings. The van der Waals surface area contributed by atoms with Crippen molar-refractivity contribution in [1.29, 1.82) is 0 Å². The third-order valence-electron chi connectivity index (χ3n) is 3.18. The van der Waals surface area contributed by atoms with Crippen molar-refractivity contribution < 1.29 is 9.90 Å². The summed E-state index contributed by atoms with van der Waals surface area (Å²) >= 11 is 3.45. The van der Waals surface area contributed by atoms with Gasteiger partial charge >= 0.3 is 5.97 Å². The highest BCUT2D eigenvalue weighted by molar-refractivity contribution is 9.09. The minimum absolute atomic E-state index is 0.324. The first-order valence-corrected chi connectivity index (χ1v) is 8.82. The van der Waals surface area contributed by atoms with Crippen molar-refractivity contribution in [1.82, 2.24) is 0 Å². The van der Waals surface area contributed by atoms with E-state index in [4.69, 9.17) is 5.11 Å². The van der Waals surface area contributed by atoms with Crippen LogP contribution in [0.2, 0.25) is 0 Å². The zero-order chi connectivity index (χ0) is 14.2. The molecular formula is C16H29BrO2. The molecule has 3 heteroatoms. The molecule has 0 fully saturated rings. The van der Waals surface area contributed by atoms with Gasteiger partial charge in [0, 0.05) is 11.8 Å². The molecule has 2 nitrogen and oxygen atoms in total. The smallest absolute Gasteiger partial charge is 0.303 e. The molecule has 0 rings (SSSR count). The van der Waals surface area contributed by atoms with Crippen LogP contribution in [0.4, 0.5) is 0 Å². The number of unbranched alkanes of at least 4 members (excludes halogenated alkanes) is 9. The topological polar surface area (TPSA) is 37.3 Å². The minimum Gasteiger partial charge on any atom is -0.481 e. The van der Waals surface area contributed by atoms with Crippen molar-refractivity contribution in [3.8, 4) is 0 Å². The zero-order valence-electron chi connectivity index (χ0n) is 12.1. The van der Waals surface area contributed by atoms with Crippen LogP contribution in [0.15, 0.2) is 12.2 Å². The maximum Gasteiger partial charge on any atom is 0.303 e. The Morgan fingerprint density at radius 2 is 1.26 bits per heavy atom. The standard InChI is InChI=1S/C16H29BrO2/c17-15-13-11-9-7-5-3-1-2-4-6-8-10-12-14-16(18)19/h1-2H,3-15H2,(H,18,19)/b2-1-. The lowest BCUT2D eigenvalue weighted by atomic mass is 10.1. The van der Waals surface area contributed by atoms with E-state index in [9.17, 15) is 4.79 Å². The van der Waals surface area contributed by atoms with E-state index < -0.39 is 5.97 Å². The van der Waals surface area contributed by atoms with Gasteiger partial charge in [0.25, 0.3) is 0 Å². The molecule has 112 valence electrons. The first kappa shape index (κ1) is 18.7. The predicted octanol–water partition coefficient (Wildman–Crippen LogP) is 5.70. The molecule has 0 unspecified atom stereocenters. The number of hydrogen-bond acceptors (Lipinski definition) is 1. The number of rotatable bonds is 14. The van der Waals surface area contributed by atoms with E-state index in [1.165, 1.54) is 44.9 Å². The number of carboxylic acids is 1. The van der Waals surface area contributed by atoms with Gasteiger partial charge in [-0.25, -0.2) is 0 Å². The first-order valence-electron chi connectivity index (χ1n) is 7.70. The molecule has 0 aliphatic carbocycles. The molecule has 0 bridgehead atoms. The van der Waals surface area contributed by atoms with Crippen LogP contribution in [-0.2, 0) is 4.79 Å². The van der Waals surface area contributed by atoms with Crippen molar-refractivity contribution in [2.75, 3.05) is 5.33 Å². The summed E-state index contributed by atoms with van der Waals surface area (Å²) in [5, 5.41) is 9.63. The second-order valence-corrected chi connectivity index (χ2v) is 5.86. The quantitative estimate of drug-likeness (QED) is 0.251. The highest BCUT2D eigenvalue weighted by Crippen LogP contribution is 2.09. The Kier molecular flexibility index (Phi) is 15.5. The summed E-state index contributed by atoms with van der Waals surface area (Å²) in [5.74, 6) is -0.670. The summed E-state index contributed by atoms with van der Waals surface area (Å²) in [7, 11) is 0. The van der Waals surface area contributed by atoms with E-state index in [1.54, 1.807) is 0 Å². The van der Waals surface area contributed by atoms with Gasteiger partial charge in [-0.3, -0.25) is 4.79 Å². The predicted molar refractivity (Wildman–Crippen MR) is 86.0 cm³/mol. The Morgan fingerprint density at radius 3 is 1.79 bits per heavy atom. The number of allylic oxidation sites excluding steroid dienone is 2. The van der Waals surface area contributed by atoms with Crippen molar-refractivity contribution in [3.05, 3.63) is 12.2 Å². The maximum absolute atomic E-state index is 10.3. The van der Waals surface area contributed by atoms with Crippen LogP contribution in [0.3, 0.4) is 0 Å². The Morgan fingerprint density at radius 1 is 0.789 bits per heavy atom. The van der Waals surface area contributed by atoms with Gasteiger partial charge in [0.05, 0.1) is 0 Å². The summed E-state index contributed by atoms with van der Waals surface area (Å²) in [4.78, 5) is 10.3. The average Bonchev–Trinajstić information content (AvgIpc) is 2.39. The van der Waals surface area contributed by atoms with Gasteiger partial charge in [0.15, 0.2) is 0 Å². The lowest BCUT2D eigenvalue weighted by Crippen LogP contribution is -1.93. The Labute approximate surface area is 126 Å². The van der Waals surface area contributed by atoms with Crippen molar-refractivity contribution in [2.24, 2.45) is 0 Å². The van der Waals surface area contributed by atoms with Crippen molar-refractivity contribution in [3.63, 3.8) is 0 Å². The Hall–Kier alpha value is -0.310. The van der Waals surface area contributed by atoms with E-state index in [2.05, 4.69) is 28.1 Å². The molecule has 0 heterocycles. The van der Waals surface area contributed by atoms with Crippen LogP contribution < -0.4 is 0 Å². The van der Waals surface area contributed by atoms with Crippen LogP contribution >= 0.6 is 15.9 Å². The molecule has 0 aliphatic heterocycles. The van der Waals surface area contributed by atoms with Gasteiger partial charge in [-0.05, 0) is 38.5 Å². The largest absolute Gasteiger partial charge is 0.481 e. The second-order valence-electron chi connectivity index (χ2n) is 5.06. The van der Waals surface area contributed by atoms with E-state index in [0.29, 0.717) is 6.42 Å². The second kappa shape index (κ2) is 15.7. The monoisotopic (exact) mass is 332 g/mol. The number of carboxylic acid groups (broad SMARTS) is 1. The lowest BCUT2D eigenvalue weighted by molar-refractivity contribution is -0.137. The van der Waals surface area contributed by atoms with E-state index in [0.717, 1.165) is 31.0 Å². The molecule has 0 saturated carbocycles. The number of aliphatic carboxylic acids is 1. The molecule has 0 radical (unpaired) electrons. The molecule has 0 atom stereocenters. The molecular weight excluding hydrogens is 304 g/mol. The number of carbonyl (C=O) groups is 1. The fourth-order valence-corrected chi connectivity index (χ4v) is 2.41. The highest BCUT2D eigenvalue weighted by Gasteiger charge is 1.95. The fraction of sp³-hybridized carbons (Fsp3) is 0.812. The summed E-state index contributed by atoms with van der Waals surface area (Å²) in [5.41, 5.74) is 0. The molecule has 0 saturated heterocycles. The van der Waals surface area contributed by atoms with Crippen LogP contribution in [0.5, 0.6) is 0 Å². The van der Waals surface area contributed by atoms with Gasteiger partial charge in [0.2, 0.25) is 0 Å². The normalized spacial score (nSPS) is 11.2. The highest BCUT2D eigenvalue weighted by atomic mass is 79.9. The molecule has 0 aromatic heterocycles. The van der Waals surface area contributed by atoms with Gasteiger partial charge in [0.1, 0.15) is 0 Å². The molecule has 0 aromatic carbocycles. The van der Waals surface area contributed by atoms with Gasteiger partial charge in [-0.2, -0.15) is 0 Å². The van der Waals surface area contributed by atoms with Gasteiger partial charge in [-0.1, -0.05) is 60.2 Å². The van der Waals surface area contributed by atoms with Crippen LogP contribution in [-0.4, -0.2) is 16.4 Å². The molecule has 0 aliphatic rings. The van der Waals surface area contributed by atoms with E-state index in [-0.39, 0.29) is 0 Å². The van der Waals surface area contributed by atoms with Gasteiger partial charge in [-0.15, -0.1) is 0 Å². The van der Waals surface area contributed by atoms with Crippen LogP contribution in [0.25, 0.3) is 0 Å². The van der Waals surface area contributed by atoms with E-state index >= 15 is 0 Å². The third kappa shape index (κ3) is 17.7. The van der Waals surface area contributed by atoms with E-state index in [1.807, 2.05) is 0 Å². The molecule has 0 spiro atoms. The maximum atomic E-state index is 10.3. The van der Waals surface area contributed by atoms with Crippen LogP contribution in [0.1, 0.15) is 77.0 Å². The van der Waals surface area contributed by atoms with Crippen molar-refractivity contribution >= 4 is 21.9 Å². The zero-order valence-corrected chi connectivity index (χ0v) is 13.7. The number of halogens is 1. The molecule has 1 N–H and O–H groups in total. The minimum atomic E-state index is -0.670. The number of alkyl halides is 1. The molecule has 19 heavy (non-hydrogen) atoms. The summed E-state index contributed by atoms with van der Waals surface area (Å²) in [6.45, 7) is 0. The Bertz CT molecular complexity index is 227. The van der Waals surface area contributed by atoms with Crippen LogP contribution in [0, 0.1) is 0 Å². The van der Waals surface area contributed by atoms with Crippen molar-refractivity contribution in [2.45, 2.75) is 77.0 Å². The Balaban J connectivity index is 3.07. The fourth-order valence-electron chi connectivity index (χ4n) is 2.01. The molecule has 0 amide bonds. The summed E-state index contributed by atoms with van der Waals surface area (Å²) < 4.78 is 0. The SMILES string of the molecule is O=C(O)CCCCCC/C=C\CCCCCCCBr. The van der Waals surface area contributed by atoms with Gasteiger partial charge < -0.3 is 5.11 Å². The average molecular weight is 333 g/mol. The number of hydrogen-bond donors (Lipinski definition) is 1. The lowest BCUT2D eigenvalue weighted by Gasteiger charge is -1.98. The summed E-state index contributed by atoms with van der Waals surface area (Å²) in [6, 6.07) is 0. The summed E-state index contributed by atoms with van der Waals surface area (Å²) in [6.07, 6.45) is 18.2. The third-order valence-corrected chi connectivity index (χ3v) is 3.74.